The van der Waals surface area contributed by atoms with Crippen LogP contribution in [0.15, 0.2) is 24.3 Å². The van der Waals surface area contributed by atoms with Crippen molar-refractivity contribution in [1.29, 1.82) is 0 Å². The van der Waals surface area contributed by atoms with Crippen molar-refractivity contribution in [3.8, 4) is 0 Å². The molecule has 5 nitrogen and oxygen atoms in total. The molecular weight excluding hydrogens is 256 g/mol. The summed E-state index contributed by atoms with van der Waals surface area (Å²) in [7, 11) is 1.35. The number of anilines is 1. The number of carbonyl (C=O) groups is 2. The van der Waals surface area contributed by atoms with Gasteiger partial charge in [-0.1, -0.05) is 6.07 Å². The highest BCUT2D eigenvalue weighted by Gasteiger charge is 2.13. The van der Waals surface area contributed by atoms with Crippen molar-refractivity contribution in [2.75, 3.05) is 19.0 Å². The molecule has 1 amide bonds. The molecule has 0 bridgehead atoms. The van der Waals surface area contributed by atoms with Gasteiger partial charge >= 0.3 is 5.97 Å². The third-order valence-corrected chi connectivity index (χ3v) is 2.48. The number of hydrogen-bond acceptors (Lipinski definition) is 4. The Morgan fingerprint density at radius 2 is 1.95 bits per heavy atom. The molecule has 0 aromatic heterocycles. The topological polar surface area (TPSA) is 67.4 Å². The molecule has 0 aliphatic carbocycles. The molecule has 1 rings (SSSR count). The molecule has 0 saturated heterocycles. The van der Waals surface area contributed by atoms with E-state index in [0.29, 0.717) is 18.5 Å². The SMILES string of the molecule is COC(=O)c1cccc(NCCC(=O)NC(C)(C)C)c1. The molecule has 0 radical (unpaired) electrons. The summed E-state index contributed by atoms with van der Waals surface area (Å²) in [6.45, 7) is 6.33. The Bertz CT molecular complexity index is 478. The van der Waals surface area contributed by atoms with Gasteiger partial charge in [-0.2, -0.15) is 0 Å². The summed E-state index contributed by atoms with van der Waals surface area (Å²) in [4.78, 5) is 23.0. The van der Waals surface area contributed by atoms with E-state index in [2.05, 4.69) is 15.4 Å². The van der Waals surface area contributed by atoms with Crippen molar-refractivity contribution in [2.24, 2.45) is 0 Å². The second kappa shape index (κ2) is 6.93. The van der Waals surface area contributed by atoms with E-state index >= 15 is 0 Å². The molecule has 2 N–H and O–H groups in total. The minimum absolute atomic E-state index is 0.00544. The molecule has 0 saturated carbocycles. The Hall–Kier alpha value is -2.04. The van der Waals surface area contributed by atoms with Crippen LogP contribution in [0.1, 0.15) is 37.6 Å². The predicted octanol–water partition coefficient (Wildman–Crippen LogP) is 2.19. The lowest BCUT2D eigenvalue weighted by atomic mass is 10.1. The van der Waals surface area contributed by atoms with E-state index in [-0.39, 0.29) is 17.4 Å². The lowest BCUT2D eigenvalue weighted by molar-refractivity contribution is -0.122. The van der Waals surface area contributed by atoms with Gasteiger partial charge in [0.1, 0.15) is 0 Å². The van der Waals surface area contributed by atoms with Crippen LogP contribution in [0.5, 0.6) is 0 Å². The maximum absolute atomic E-state index is 11.6. The summed E-state index contributed by atoms with van der Waals surface area (Å²) in [6, 6.07) is 6.99. The first-order valence-corrected chi connectivity index (χ1v) is 6.55. The van der Waals surface area contributed by atoms with Crippen molar-refractivity contribution in [1.82, 2.24) is 5.32 Å². The monoisotopic (exact) mass is 278 g/mol. The molecule has 0 aliphatic rings. The van der Waals surface area contributed by atoms with E-state index in [1.54, 1.807) is 18.2 Å². The van der Waals surface area contributed by atoms with Gasteiger partial charge in [0.2, 0.25) is 5.91 Å². The number of carbonyl (C=O) groups excluding carboxylic acids is 2. The summed E-state index contributed by atoms with van der Waals surface area (Å²) in [5, 5.41) is 6.00. The maximum atomic E-state index is 11.6. The van der Waals surface area contributed by atoms with Gasteiger partial charge in [-0.05, 0) is 39.0 Å². The van der Waals surface area contributed by atoms with E-state index in [4.69, 9.17) is 0 Å². The van der Waals surface area contributed by atoms with Crippen molar-refractivity contribution in [3.63, 3.8) is 0 Å². The van der Waals surface area contributed by atoms with Crippen LogP contribution in [0.3, 0.4) is 0 Å². The molecule has 1 aromatic rings. The Kier molecular flexibility index (Phi) is 5.55. The third-order valence-electron chi connectivity index (χ3n) is 2.48. The van der Waals surface area contributed by atoms with Crippen LogP contribution in [-0.4, -0.2) is 31.1 Å². The molecule has 0 heterocycles. The van der Waals surface area contributed by atoms with Gasteiger partial charge < -0.3 is 15.4 Å². The van der Waals surface area contributed by atoms with Crippen molar-refractivity contribution in [3.05, 3.63) is 29.8 Å². The molecule has 110 valence electrons. The third kappa shape index (κ3) is 5.73. The van der Waals surface area contributed by atoms with Gasteiger partial charge in [0.25, 0.3) is 0 Å². The highest BCUT2D eigenvalue weighted by atomic mass is 16.5. The second-order valence-corrected chi connectivity index (χ2v) is 5.55. The molecule has 0 spiro atoms. The highest BCUT2D eigenvalue weighted by Crippen LogP contribution is 2.11. The number of methoxy groups -OCH3 is 1. The van der Waals surface area contributed by atoms with Gasteiger partial charge in [-0.3, -0.25) is 4.79 Å². The van der Waals surface area contributed by atoms with Gasteiger partial charge in [0.15, 0.2) is 0 Å². The van der Waals surface area contributed by atoms with E-state index in [0.717, 1.165) is 5.69 Å². The zero-order chi connectivity index (χ0) is 15.2. The van der Waals surface area contributed by atoms with Crippen LogP contribution in [0.2, 0.25) is 0 Å². The van der Waals surface area contributed by atoms with Gasteiger partial charge in [0.05, 0.1) is 12.7 Å². The largest absolute Gasteiger partial charge is 0.465 e. The van der Waals surface area contributed by atoms with Crippen LogP contribution in [0.25, 0.3) is 0 Å². The Balaban J connectivity index is 2.46. The van der Waals surface area contributed by atoms with Gasteiger partial charge in [-0.25, -0.2) is 4.79 Å². The molecule has 0 unspecified atom stereocenters. The van der Waals surface area contributed by atoms with Gasteiger partial charge in [0, 0.05) is 24.2 Å². The van der Waals surface area contributed by atoms with Crippen LogP contribution < -0.4 is 10.6 Å². The molecule has 1 aromatic carbocycles. The highest BCUT2D eigenvalue weighted by molar-refractivity contribution is 5.90. The predicted molar refractivity (Wildman–Crippen MR) is 78.8 cm³/mol. The van der Waals surface area contributed by atoms with Crippen LogP contribution in [0, 0.1) is 0 Å². The fourth-order valence-corrected chi connectivity index (χ4v) is 1.68. The van der Waals surface area contributed by atoms with E-state index in [1.165, 1.54) is 7.11 Å². The number of esters is 1. The lowest BCUT2D eigenvalue weighted by Gasteiger charge is -2.20. The zero-order valence-corrected chi connectivity index (χ0v) is 12.4. The maximum Gasteiger partial charge on any atom is 0.337 e. The molecule has 0 aliphatic heterocycles. The number of ether oxygens (including phenoxy) is 1. The Morgan fingerprint density at radius 3 is 2.55 bits per heavy atom. The second-order valence-electron chi connectivity index (χ2n) is 5.55. The Labute approximate surface area is 119 Å². The first-order chi connectivity index (χ1) is 9.31. The minimum Gasteiger partial charge on any atom is -0.465 e. The molecule has 0 atom stereocenters. The molecular formula is C15H22N2O3. The number of rotatable bonds is 5. The first kappa shape index (κ1) is 16.0. The molecule has 5 heteroatoms. The number of amides is 1. The normalized spacial score (nSPS) is 10.8. The average molecular weight is 278 g/mol. The van der Waals surface area contributed by atoms with Gasteiger partial charge in [-0.15, -0.1) is 0 Å². The summed E-state index contributed by atoms with van der Waals surface area (Å²) < 4.78 is 4.66. The standard InChI is InChI=1S/C15H22N2O3/c1-15(2,3)17-13(18)8-9-16-12-7-5-6-11(10-12)14(19)20-4/h5-7,10,16H,8-9H2,1-4H3,(H,17,18). The number of nitrogens with one attached hydrogen (secondary N) is 2. The Morgan fingerprint density at radius 1 is 1.25 bits per heavy atom. The fourth-order valence-electron chi connectivity index (χ4n) is 1.68. The summed E-state index contributed by atoms with van der Waals surface area (Å²) in [6.07, 6.45) is 0.375. The molecule has 0 fully saturated rings. The number of hydrogen-bond donors (Lipinski definition) is 2. The van der Waals surface area contributed by atoms with Crippen molar-refractivity contribution >= 4 is 17.6 Å². The molecule has 20 heavy (non-hydrogen) atoms. The quantitative estimate of drug-likeness (QED) is 0.810. The van der Waals surface area contributed by atoms with Crippen LogP contribution in [0.4, 0.5) is 5.69 Å². The van der Waals surface area contributed by atoms with Crippen LogP contribution in [-0.2, 0) is 9.53 Å². The van der Waals surface area contributed by atoms with Crippen molar-refractivity contribution in [2.45, 2.75) is 32.7 Å². The first-order valence-electron chi connectivity index (χ1n) is 6.55. The van der Waals surface area contributed by atoms with E-state index in [1.807, 2.05) is 26.8 Å². The van der Waals surface area contributed by atoms with Crippen molar-refractivity contribution < 1.29 is 14.3 Å². The average Bonchev–Trinajstić information content (AvgIpc) is 2.36. The minimum atomic E-state index is -0.376. The van der Waals surface area contributed by atoms with E-state index < -0.39 is 0 Å². The van der Waals surface area contributed by atoms with Crippen LogP contribution >= 0.6 is 0 Å². The van der Waals surface area contributed by atoms with E-state index in [9.17, 15) is 9.59 Å². The lowest BCUT2D eigenvalue weighted by Crippen LogP contribution is -2.41. The smallest absolute Gasteiger partial charge is 0.337 e. The summed E-state index contributed by atoms with van der Waals surface area (Å²) in [5.41, 5.74) is 1.05. The fraction of sp³-hybridized carbons (Fsp3) is 0.467. The number of benzene rings is 1. The summed E-state index contributed by atoms with van der Waals surface area (Å²) >= 11 is 0. The summed E-state index contributed by atoms with van der Waals surface area (Å²) in [5.74, 6) is -0.381. The zero-order valence-electron chi connectivity index (χ0n) is 12.4.